The largest absolute Gasteiger partial charge is 0.361 e. The van der Waals surface area contributed by atoms with Gasteiger partial charge >= 0.3 is 0 Å². The summed E-state index contributed by atoms with van der Waals surface area (Å²) in [6.07, 6.45) is 5.51. The van der Waals surface area contributed by atoms with Gasteiger partial charge in [-0.25, -0.2) is 0 Å². The van der Waals surface area contributed by atoms with Crippen molar-refractivity contribution < 1.29 is 0 Å². The van der Waals surface area contributed by atoms with Gasteiger partial charge in [-0.1, -0.05) is 49.1 Å². The van der Waals surface area contributed by atoms with E-state index in [9.17, 15) is 0 Å². The van der Waals surface area contributed by atoms with Crippen molar-refractivity contribution in [3.63, 3.8) is 0 Å². The summed E-state index contributed by atoms with van der Waals surface area (Å²) in [5.41, 5.74) is 1.12. The van der Waals surface area contributed by atoms with Gasteiger partial charge in [-0.2, -0.15) is 0 Å². The molecule has 0 heterocycles. The predicted octanol–water partition coefficient (Wildman–Crippen LogP) is 3.95. The zero-order chi connectivity index (χ0) is 10.5. The summed E-state index contributed by atoms with van der Waals surface area (Å²) in [6, 6.07) is 14.5. The fourth-order valence-corrected chi connectivity index (χ4v) is 1.56. The monoisotopic (exact) mass is 195 g/mol. The highest BCUT2D eigenvalue weighted by molar-refractivity contribution is 5.94. The number of rotatable bonds is 3. The Labute approximate surface area is 89.7 Å². The average Bonchev–Trinajstić information content (AvgIpc) is 2.30. The highest BCUT2D eigenvalue weighted by Crippen LogP contribution is 2.22. The van der Waals surface area contributed by atoms with Crippen LogP contribution in [0.4, 0.5) is 5.69 Å². The van der Waals surface area contributed by atoms with Crippen LogP contribution in [0, 0.1) is 0 Å². The summed E-state index contributed by atoms with van der Waals surface area (Å²) in [5.74, 6) is 0. The molecule has 1 N–H and O–H groups in total. The fraction of sp³-hybridized carbons (Fsp3) is 0. The third-order valence-electron chi connectivity index (χ3n) is 2.26. The number of fused-ring (bicyclic) bond motifs is 1. The lowest BCUT2D eigenvalue weighted by Crippen LogP contribution is -1.87. The van der Waals surface area contributed by atoms with Crippen molar-refractivity contribution in [1.29, 1.82) is 0 Å². The lowest BCUT2D eigenvalue weighted by Gasteiger charge is -2.05. The molecule has 74 valence electrons. The molecule has 0 radical (unpaired) electrons. The Morgan fingerprint density at radius 3 is 2.67 bits per heavy atom. The van der Waals surface area contributed by atoms with Crippen LogP contribution >= 0.6 is 0 Å². The third-order valence-corrected chi connectivity index (χ3v) is 2.26. The first-order valence-electron chi connectivity index (χ1n) is 4.93. The molecule has 0 aromatic heterocycles. The van der Waals surface area contributed by atoms with E-state index >= 15 is 0 Å². The quantitative estimate of drug-likeness (QED) is 0.731. The molecule has 1 nitrogen and oxygen atoms in total. The van der Waals surface area contributed by atoms with Crippen LogP contribution < -0.4 is 5.32 Å². The molecular weight excluding hydrogens is 182 g/mol. The molecule has 0 atom stereocenters. The van der Waals surface area contributed by atoms with E-state index in [0.717, 1.165) is 5.69 Å². The van der Waals surface area contributed by atoms with Crippen molar-refractivity contribution in [2.75, 3.05) is 5.32 Å². The summed E-state index contributed by atoms with van der Waals surface area (Å²) in [5, 5.41) is 5.71. The molecule has 0 amide bonds. The van der Waals surface area contributed by atoms with Crippen LogP contribution in [0.2, 0.25) is 0 Å². The number of nitrogens with one attached hydrogen (secondary N) is 1. The molecule has 0 saturated carbocycles. The minimum atomic E-state index is 1.12. The maximum absolute atomic E-state index is 3.63. The molecule has 2 rings (SSSR count). The number of benzene rings is 2. The summed E-state index contributed by atoms with van der Waals surface area (Å²) in [6.45, 7) is 3.63. The van der Waals surface area contributed by atoms with E-state index in [1.54, 1.807) is 6.08 Å². The van der Waals surface area contributed by atoms with Gasteiger partial charge < -0.3 is 5.32 Å². The van der Waals surface area contributed by atoms with Crippen LogP contribution in [0.25, 0.3) is 10.8 Å². The SMILES string of the molecule is C=C/C=C\Nc1cccc2ccccc12. The Kier molecular flexibility index (Phi) is 2.84. The summed E-state index contributed by atoms with van der Waals surface area (Å²) in [4.78, 5) is 0. The molecule has 15 heavy (non-hydrogen) atoms. The van der Waals surface area contributed by atoms with Crippen molar-refractivity contribution >= 4 is 16.5 Å². The lowest BCUT2D eigenvalue weighted by molar-refractivity contribution is 1.62. The number of hydrogen-bond acceptors (Lipinski definition) is 1. The molecular formula is C14H13N. The van der Waals surface area contributed by atoms with Crippen molar-refractivity contribution in [2.45, 2.75) is 0 Å². The number of allylic oxidation sites excluding steroid dienone is 2. The molecule has 0 fully saturated rings. The van der Waals surface area contributed by atoms with E-state index in [1.165, 1.54) is 10.8 Å². The van der Waals surface area contributed by atoms with Crippen molar-refractivity contribution in [3.05, 3.63) is 67.4 Å². The predicted molar refractivity (Wildman–Crippen MR) is 66.9 cm³/mol. The number of anilines is 1. The Bertz CT molecular complexity index is 492. The molecule has 0 aliphatic rings. The standard InChI is InChI=1S/C14H13N/c1-2-3-11-15-14-10-6-8-12-7-4-5-9-13(12)14/h2-11,15H,1H2/b11-3-. The van der Waals surface area contributed by atoms with Crippen molar-refractivity contribution in [2.24, 2.45) is 0 Å². The molecule has 0 bridgehead atoms. The lowest BCUT2D eigenvalue weighted by atomic mass is 10.1. The second-order valence-corrected chi connectivity index (χ2v) is 3.27. The molecule has 0 spiro atoms. The van der Waals surface area contributed by atoms with Gasteiger partial charge in [0.15, 0.2) is 0 Å². The van der Waals surface area contributed by atoms with Crippen LogP contribution in [0.3, 0.4) is 0 Å². The molecule has 2 aromatic rings. The Hall–Kier alpha value is -2.02. The Morgan fingerprint density at radius 1 is 1.00 bits per heavy atom. The zero-order valence-electron chi connectivity index (χ0n) is 8.48. The van der Waals surface area contributed by atoms with Gasteiger partial charge in [-0.15, -0.1) is 0 Å². The second-order valence-electron chi connectivity index (χ2n) is 3.27. The Balaban J connectivity index is 2.42. The minimum absolute atomic E-state index is 1.12. The van der Waals surface area contributed by atoms with E-state index in [4.69, 9.17) is 0 Å². The highest BCUT2D eigenvalue weighted by Gasteiger charge is 1.96. The first-order chi connectivity index (χ1) is 7.42. The normalized spacial score (nSPS) is 10.7. The van der Waals surface area contributed by atoms with E-state index < -0.39 is 0 Å². The first kappa shape index (κ1) is 9.53. The van der Waals surface area contributed by atoms with Crippen LogP contribution in [-0.2, 0) is 0 Å². The van der Waals surface area contributed by atoms with Crippen LogP contribution in [0.15, 0.2) is 67.4 Å². The average molecular weight is 195 g/mol. The van der Waals surface area contributed by atoms with Crippen molar-refractivity contribution in [3.8, 4) is 0 Å². The molecule has 0 unspecified atom stereocenters. The van der Waals surface area contributed by atoms with Gasteiger partial charge in [0, 0.05) is 17.3 Å². The Morgan fingerprint density at radius 2 is 1.80 bits per heavy atom. The van der Waals surface area contributed by atoms with E-state index in [1.807, 2.05) is 30.5 Å². The van der Waals surface area contributed by atoms with E-state index in [-0.39, 0.29) is 0 Å². The molecule has 1 heteroatoms. The number of hydrogen-bond donors (Lipinski definition) is 1. The maximum atomic E-state index is 3.63. The minimum Gasteiger partial charge on any atom is -0.361 e. The summed E-state index contributed by atoms with van der Waals surface area (Å²) >= 11 is 0. The second kappa shape index (κ2) is 4.47. The topological polar surface area (TPSA) is 12.0 Å². The zero-order valence-corrected chi connectivity index (χ0v) is 8.48. The van der Waals surface area contributed by atoms with Crippen LogP contribution in [0.5, 0.6) is 0 Å². The van der Waals surface area contributed by atoms with Gasteiger partial charge in [-0.05, 0) is 17.5 Å². The molecule has 0 saturated heterocycles. The maximum Gasteiger partial charge on any atom is 0.0459 e. The third kappa shape index (κ3) is 2.08. The van der Waals surface area contributed by atoms with Gasteiger partial charge in [0.2, 0.25) is 0 Å². The smallest absolute Gasteiger partial charge is 0.0459 e. The van der Waals surface area contributed by atoms with E-state index in [0.29, 0.717) is 0 Å². The van der Waals surface area contributed by atoms with Gasteiger partial charge in [0.1, 0.15) is 0 Å². The highest BCUT2D eigenvalue weighted by atomic mass is 14.8. The van der Waals surface area contributed by atoms with Crippen LogP contribution in [-0.4, -0.2) is 0 Å². The van der Waals surface area contributed by atoms with Crippen molar-refractivity contribution in [1.82, 2.24) is 0 Å². The van der Waals surface area contributed by atoms with Gasteiger partial charge in [-0.3, -0.25) is 0 Å². The van der Waals surface area contributed by atoms with E-state index in [2.05, 4.69) is 36.2 Å². The summed E-state index contributed by atoms with van der Waals surface area (Å²) in [7, 11) is 0. The van der Waals surface area contributed by atoms with Gasteiger partial charge in [0.25, 0.3) is 0 Å². The molecule has 0 aliphatic heterocycles. The summed E-state index contributed by atoms with van der Waals surface area (Å²) < 4.78 is 0. The molecule has 0 aliphatic carbocycles. The first-order valence-corrected chi connectivity index (χ1v) is 4.93. The van der Waals surface area contributed by atoms with Gasteiger partial charge in [0.05, 0.1) is 0 Å². The molecule has 2 aromatic carbocycles. The van der Waals surface area contributed by atoms with Crippen LogP contribution in [0.1, 0.15) is 0 Å². The fourth-order valence-electron chi connectivity index (χ4n) is 1.56.